The smallest absolute Gasteiger partial charge is 0.320 e. The molecule has 0 saturated carbocycles. The van der Waals surface area contributed by atoms with Crippen LogP contribution in [0.5, 0.6) is 0 Å². The van der Waals surface area contributed by atoms with E-state index >= 15 is 0 Å². The van der Waals surface area contributed by atoms with Gasteiger partial charge in [-0.3, -0.25) is 4.55 Å². The van der Waals surface area contributed by atoms with Gasteiger partial charge in [0, 0.05) is 0 Å². The third-order valence-electron chi connectivity index (χ3n) is 1.59. The van der Waals surface area contributed by atoms with E-state index in [1.165, 1.54) is 0 Å². The minimum atomic E-state index is -4.71. The monoisotopic (exact) mass is 246 g/mol. The Bertz CT molecular complexity index is 274. The zero-order valence-electron chi connectivity index (χ0n) is 8.74. The lowest BCUT2D eigenvalue weighted by molar-refractivity contribution is -0.221. The third-order valence-corrected chi connectivity index (χ3v) is 2.29. The van der Waals surface area contributed by atoms with Crippen LogP contribution >= 0.6 is 0 Å². The summed E-state index contributed by atoms with van der Waals surface area (Å²) in [5, 5.41) is 0. The Labute approximate surface area is 88.4 Å². The van der Waals surface area contributed by atoms with Crippen LogP contribution in [0.2, 0.25) is 0 Å². The molecule has 0 bridgehead atoms. The van der Waals surface area contributed by atoms with Gasteiger partial charge in [-0.25, -0.2) is 0 Å². The highest BCUT2D eigenvalue weighted by Crippen LogP contribution is 2.18. The van der Waals surface area contributed by atoms with E-state index in [4.69, 9.17) is 4.55 Å². The van der Waals surface area contributed by atoms with Crippen molar-refractivity contribution in [1.29, 1.82) is 0 Å². The molecule has 15 heavy (non-hydrogen) atoms. The molecule has 0 saturated heterocycles. The van der Waals surface area contributed by atoms with E-state index < -0.39 is 22.0 Å². The Hall–Kier alpha value is -0.270. The molecule has 4 nitrogen and oxygen atoms in total. The van der Waals surface area contributed by atoms with Crippen LogP contribution in [0, 0.1) is 5.92 Å². The minimum Gasteiger partial charge on any atom is -0.320 e. The number of alkyl halides is 2. The van der Waals surface area contributed by atoms with Crippen molar-refractivity contribution in [2.45, 2.75) is 32.8 Å². The lowest BCUT2D eigenvalue weighted by atomic mass is 10.1. The Balaban J connectivity index is 3.85. The molecule has 0 heterocycles. The van der Waals surface area contributed by atoms with E-state index in [-0.39, 0.29) is 6.61 Å². The fraction of sp³-hybridized carbons (Fsp3) is 1.00. The summed E-state index contributed by atoms with van der Waals surface area (Å²) in [4.78, 5) is 0. The van der Waals surface area contributed by atoms with Gasteiger partial charge >= 0.3 is 6.11 Å². The van der Waals surface area contributed by atoms with Crippen LogP contribution in [-0.4, -0.2) is 31.4 Å². The van der Waals surface area contributed by atoms with Crippen LogP contribution < -0.4 is 0 Å². The third kappa shape index (κ3) is 10.0. The molecule has 0 aromatic heterocycles. The second-order valence-corrected chi connectivity index (χ2v) is 5.20. The summed E-state index contributed by atoms with van der Waals surface area (Å²) in [6.07, 6.45) is -2.66. The average molecular weight is 246 g/mol. The molecule has 92 valence electrons. The zero-order chi connectivity index (χ0) is 12.1. The molecule has 0 aliphatic heterocycles. The van der Waals surface area contributed by atoms with E-state index in [0.29, 0.717) is 12.3 Å². The van der Waals surface area contributed by atoms with Gasteiger partial charge in [-0.15, -0.1) is 0 Å². The van der Waals surface area contributed by atoms with Crippen molar-refractivity contribution in [2.24, 2.45) is 5.92 Å². The summed E-state index contributed by atoms with van der Waals surface area (Å²) in [5.41, 5.74) is 0. The summed E-state index contributed by atoms with van der Waals surface area (Å²) >= 11 is 0. The maximum absolute atomic E-state index is 12.7. The fourth-order valence-corrected chi connectivity index (χ4v) is 1.48. The summed E-state index contributed by atoms with van der Waals surface area (Å²) in [5.74, 6) is -1.31. The largest absolute Gasteiger partial charge is 0.372 e. The van der Waals surface area contributed by atoms with Gasteiger partial charge in [-0.1, -0.05) is 13.8 Å². The van der Waals surface area contributed by atoms with Gasteiger partial charge in [0.2, 0.25) is 0 Å². The van der Waals surface area contributed by atoms with Gasteiger partial charge in [0.15, 0.2) is 5.75 Å². The molecule has 0 radical (unpaired) electrons. The molecule has 0 unspecified atom stereocenters. The first-order chi connectivity index (χ1) is 6.62. The molecule has 0 aromatic rings. The van der Waals surface area contributed by atoms with Crippen molar-refractivity contribution < 1.29 is 26.5 Å². The molecule has 0 fully saturated rings. The molecule has 7 heteroatoms. The van der Waals surface area contributed by atoms with Gasteiger partial charge in [-0.2, -0.15) is 17.2 Å². The van der Waals surface area contributed by atoms with Crippen LogP contribution in [0.15, 0.2) is 0 Å². The summed E-state index contributed by atoms with van der Waals surface area (Å²) in [7, 11) is -4.71. The first kappa shape index (κ1) is 14.7. The van der Waals surface area contributed by atoms with Crippen LogP contribution in [0.25, 0.3) is 0 Å². The van der Waals surface area contributed by atoms with Gasteiger partial charge in [-0.05, 0) is 18.8 Å². The van der Waals surface area contributed by atoms with E-state index in [1.54, 1.807) is 0 Å². The van der Waals surface area contributed by atoms with Crippen molar-refractivity contribution in [3.8, 4) is 0 Å². The quantitative estimate of drug-likeness (QED) is 0.550. The Kier molecular flexibility index (Phi) is 5.61. The lowest BCUT2D eigenvalue weighted by Gasteiger charge is -2.15. The van der Waals surface area contributed by atoms with E-state index in [1.807, 2.05) is 13.8 Å². The number of halogens is 2. The molecule has 0 atom stereocenters. The predicted molar refractivity (Wildman–Crippen MR) is 51.4 cm³/mol. The predicted octanol–water partition coefficient (Wildman–Crippen LogP) is 1.92. The molecule has 0 amide bonds. The number of rotatable bonds is 7. The van der Waals surface area contributed by atoms with Crippen molar-refractivity contribution in [3.05, 3.63) is 0 Å². The van der Waals surface area contributed by atoms with E-state index in [9.17, 15) is 17.2 Å². The zero-order valence-corrected chi connectivity index (χ0v) is 9.56. The second kappa shape index (κ2) is 5.72. The van der Waals surface area contributed by atoms with Gasteiger partial charge in [0.05, 0.1) is 6.61 Å². The highest BCUT2D eigenvalue weighted by atomic mass is 32.2. The molecular formula is C8H16F2O4S. The Morgan fingerprint density at radius 3 is 2.33 bits per heavy atom. The fourth-order valence-electron chi connectivity index (χ4n) is 0.967. The van der Waals surface area contributed by atoms with Gasteiger partial charge < -0.3 is 4.74 Å². The maximum atomic E-state index is 12.7. The molecule has 0 aliphatic carbocycles. The van der Waals surface area contributed by atoms with Gasteiger partial charge in [0.1, 0.15) is 0 Å². The van der Waals surface area contributed by atoms with Crippen LogP contribution in [-0.2, 0) is 14.9 Å². The second-order valence-electron chi connectivity index (χ2n) is 3.75. The van der Waals surface area contributed by atoms with Crippen molar-refractivity contribution >= 4 is 10.1 Å². The van der Waals surface area contributed by atoms with E-state index in [0.717, 1.165) is 6.42 Å². The molecule has 0 aliphatic rings. The summed E-state index contributed by atoms with van der Waals surface area (Å²) in [6.45, 7) is 3.66. The molecule has 0 spiro atoms. The molecule has 1 N–H and O–H groups in total. The summed E-state index contributed by atoms with van der Waals surface area (Å²) in [6, 6.07) is 0. The standard InChI is InChI=1S/C8H16F2O4S/c1-7(2)4-3-5-14-8(9,10)6-15(11,12)13/h7H,3-6H2,1-2H3,(H,11,12,13). The Morgan fingerprint density at radius 1 is 1.40 bits per heavy atom. The van der Waals surface area contributed by atoms with Crippen LogP contribution in [0.4, 0.5) is 8.78 Å². The topological polar surface area (TPSA) is 63.6 Å². The number of hydrogen-bond acceptors (Lipinski definition) is 3. The van der Waals surface area contributed by atoms with Crippen LogP contribution in [0.1, 0.15) is 26.7 Å². The Morgan fingerprint density at radius 2 is 1.93 bits per heavy atom. The SMILES string of the molecule is CC(C)CCCOC(F)(F)CS(=O)(=O)O. The van der Waals surface area contributed by atoms with Crippen molar-refractivity contribution in [2.75, 3.05) is 12.4 Å². The number of hydrogen-bond donors (Lipinski definition) is 1. The van der Waals surface area contributed by atoms with Crippen LogP contribution in [0.3, 0.4) is 0 Å². The van der Waals surface area contributed by atoms with E-state index in [2.05, 4.69) is 4.74 Å². The van der Waals surface area contributed by atoms with Crippen molar-refractivity contribution in [3.63, 3.8) is 0 Å². The molecular weight excluding hydrogens is 230 g/mol. The highest BCUT2D eigenvalue weighted by molar-refractivity contribution is 7.85. The first-order valence-electron chi connectivity index (χ1n) is 4.59. The van der Waals surface area contributed by atoms with Crippen molar-refractivity contribution in [1.82, 2.24) is 0 Å². The highest BCUT2D eigenvalue weighted by Gasteiger charge is 2.35. The minimum absolute atomic E-state index is 0.222. The van der Waals surface area contributed by atoms with Gasteiger partial charge in [0.25, 0.3) is 10.1 Å². The average Bonchev–Trinajstić information content (AvgIpc) is 1.93. The molecule has 0 rings (SSSR count). The maximum Gasteiger partial charge on any atom is 0.372 e. The lowest BCUT2D eigenvalue weighted by Crippen LogP contribution is -2.31. The normalized spacial score (nSPS) is 13.5. The first-order valence-corrected chi connectivity index (χ1v) is 6.20. The summed E-state index contributed by atoms with van der Waals surface area (Å²) < 4.78 is 58.0. The number of ether oxygens (including phenoxy) is 1. The molecule has 0 aromatic carbocycles.